The molecule has 1 aromatic heterocycles. The first-order valence-corrected chi connectivity index (χ1v) is 9.25. The SMILES string of the molecule is CC(C)S(=O)(=O)Nc1cccc(-c2ccc([C@H]3C[C@@H]3N)cn2)c1. The van der Waals surface area contributed by atoms with Crippen molar-refractivity contribution in [2.24, 2.45) is 5.73 Å². The van der Waals surface area contributed by atoms with Gasteiger partial charge in [0.25, 0.3) is 0 Å². The van der Waals surface area contributed by atoms with Crippen LogP contribution in [0.3, 0.4) is 0 Å². The molecule has 0 saturated heterocycles. The van der Waals surface area contributed by atoms with Crippen LogP contribution in [0.4, 0.5) is 5.69 Å². The van der Waals surface area contributed by atoms with Gasteiger partial charge in [0.15, 0.2) is 0 Å². The van der Waals surface area contributed by atoms with E-state index in [4.69, 9.17) is 5.73 Å². The molecular formula is C17H21N3O2S. The number of nitrogens with two attached hydrogens (primary N) is 1. The van der Waals surface area contributed by atoms with E-state index in [0.29, 0.717) is 11.6 Å². The minimum Gasteiger partial charge on any atom is -0.327 e. The first-order chi connectivity index (χ1) is 10.9. The summed E-state index contributed by atoms with van der Waals surface area (Å²) < 4.78 is 26.5. The molecule has 1 aliphatic rings. The molecule has 1 heterocycles. The molecule has 0 aliphatic heterocycles. The standard InChI is InChI=1S/C17H21N3O2S/c1-11(2)23(21,22)20-14-5-3-4-12(8-14)17-7-6-13(10-19-17)15-9-16(15)18/h3-8,10-11,15-16,20H,9,18H2,1-2H3/t15-,16+/m1/s1. The molecule has 0 unspecified atom stereocenters. The molecule has 1 aromatic carbocycles. The van der Waals surface area contributed by atoms with E-state index >= 15 is 0 Å². The topological polar surface area (TPSA) is 85.1 Å². The van der Waals surface area contributed by atoms with Gasteiger partial charge in [-0.25, -0.2) is 8.42 Å². The summed E-state index contributed by atoms with van der Waals surface area (Å²) in [6, 6.07) is 11.5. The minimum atomic E-state index is -3.35. The zero-order chi connectivity index (χ0) is 16.6. The fourth-order valence-corrected chi connectivity index (χ4v) is 3.11. The third-order valence-corrected chi connectivity index (χ3v) is 5.85. The van der Waals surface area contributed by atoms with Crippen molar-refractivity contribution < 1.29 is 8.42 Å². The van der Waals surface area contributed by atoms with Crippen molar-refractivity contribution in [2.45, 2.75) is 37.5 Å². The van der Waals surface area contributed by atoms with E-state index in [0.717, 1.165) is 23.2 Å². The van der Waals surface area contributed by atoms with Crippen molar-refractivity contribution in [2.75, 3.05) is 4.72 Å². The lowest BCUT2D eigenvalue weighted by Crippen LogP contribution is -2.22. The summed E-state index contributed by atoms with van der Waals surface area (Å²) in [5.74, 6) is 0.431. The lowest BCUT2D eigenvalue weighted by Gasteiger charge is -2.11. The van der Waals surface area contributed by atoms with Crippen molar-refractivity contribution in [3.63, 3.8) is 0 Å². The summed E-state index contributed by atoms with van der Waals surface area (Å²) >= 11 is 0. The van der Waals surface area contributed by atoms with E-state index in [1.54, 1.807) is 26.0 Å². The molecule has 1 aliphatic carbocycles. The number of hydrogen-bond acceptors (Lipinski definition) is 4. The number of nitrogens with one attached hydrogen (secondary N) is 1. The monoisotopic (exact) mass is 331 g/mol. The zero-order valence-corrected chi connectivity index (χ0v) is 14.0. The summed E-state index contributed by atoms with van der Waals surface area (Å²) in [5, 5.41) is -0.480. The van der Waals surface area contributed by atoms with Crippen LogP contribution in [0.25, 0.3) is 11.3 Å². The number of rotatable bonds is 5. The van der Waals surface area contributed by atoms with Crippen molar-refractivity contribution in [1.82, 2.24) is 4.98 Å². The van der Waals surface area contributed by atoms with Gasteiger partial charge in [-0.3, -0.25) is 9.71 Å². The Labute approximate surface area is 137 Å². The molecule has 1 saturated carbocycles. The maximum absolute atomic E-state index is 12.0. The van der Waals surface area contributed by atoms with Crippen LogP contribution in [0, 0.1) is 0 Å². The Bertz CT molecular complexity index is 801. The van der Waals surface area contributed by atoms with Crippen LogP contribution in [0.5, 0.6) is 0 Å². The molecule has 0 radical (unpaired) electrons. The maximum Gasteiger partial charge on any atom is 0.235 e. The summed E-state index contributed by atoms with van der Waals surface area (Å²) in [7, 11) is -3.35. The molecule has 2 aromatic rings. The highest BCUT2D eigenvalue weighted by Crippen LogP contribution is 2.38. The quantitative estimate of drug-likeness (QED) is 0.882. The largest absolute Gasteiger partial charge is 0.327 e. The number of benzene rings is 1. The lowest BCUT2D eigenvalue weighted by atomic mass is 10.1. The van der Waals surface area contributed by atoms with Gasteiger partial charge in [0.05, 0.1) is 10.9 Å². The smallest absolute Gasteiger partial charge is 0.235 e. The van der Waals surface area contributed by atoms with Crippen LogP contribution in [-0.4, -0.2) is 24.7 Å². The number of anilines is 1. The summed E-state index contributed by atoms with van der Waals surface area (Å²) in [4.78, 5) is 4.48. The van der Waals surface area contributed by atoms with Gasteiger partial charge >= 0.3 is 0 Å². The highest BCUT2D eigenvalue weighted by molar-refractivity contribution is 7.93. The van der Waals surface area contributed by atoms with Crippen molar-refractivity contribution in [3.8, 4) is 11.3 Å². The van der Waals surface area contributed by atoms with Gasteiger partial charge in [-0.2, -0.15) is 0 Å². The van der Waals surface area contributed by atoms with E-state index in [9.17, 15) is 8.42 Å². The highest BCUT2D eigenvalue weighted by Gasteiger charge is 2.34. The molecule has 1 fully saturated rings. The first-order valence-electron chi connectivity index (χ1n) is 7.70. The fourth-order valence-electron chi connectivity index (χ4n) is 2.42. The van der Waals surface area contributed by atoms with Gasteiger partial charge in [0.2, 0.25) is 10.0 Å². The van der Waals surface area contributed by atoms with Crippen molar-refractivity contribution in [3.05, 3.63) is 48.2 Å². The van der Waals surface area contributed by atoms with Gasteiger partial charge in [-0.15, -0.1) is 0 Å². The fraction of sp³-hybridized carbons (Fsp3) is 0.353. The van der Waals surface area contributed by atoms with E-state index in [1.807, 2.05) is 30.5 Å². The molecule has 0 spiro atoms. The van der Waals surface area contributed by atoms with E-state index in [2.05, 4.69) is 9.71 Å². The van der Waals surface area contributed by atoms with E-state index in [1.165, 1.54) is 0 Å². The Kier molecular flexibility index (Phi) is 4.12. The number of nitrogens with zero attached hydrogens (tertiary/aromatic N) is 1. The predicted octanol–water partition coefficient (Wildman–Crippen LogP) is 2.71. The van der Waals surface area contributed by atoms with Gasteiger partial charge in [-0.05, 0) is 44.0 Å². The van der Waals surface area contributed by atoms with Crippen molar-refractivity contribution >= 4 is 15.7 Å². The Morgan fingerprint density at radius 1 is 1.26 bits per heavy atom. The van der Waals surface area contributed by atoms with Crippen LogP contribution in [0.15, 0.2) is 42.6 Å². The molecule has 3 rings (SSSR count). The van der Waals surface area contributed by atoms with Gasteiger partial charge in [-0.1, -0.05) is 18.2 Å². The Balaban J connectivity index is 1.82. The van der Waals surface area contributed by atoms with Crippen LogP contribution in [0.2, 0.25) is 0 Å². The molecule has 0 bridgehead atoms. The summed E-state index contributed by atoms with van der Waals surface area (Å²) in [6.45, 7) is 3.30. The van der Waals surface area contributed by atoms with E-state index < -0.39 is 15.3 Å². The van der Waals surface area contributed by atoms with Gasteiger partial charge in [0.1, 0.15) is 0 Å². The van der Waals surface area contributed by atoms with Crippen LogP contribution >= 0.6 is 0 Å². The van der Waals surface area contributed by atoms with E-state index in [-0.39, 0.29) is 6.04 Å². The number of sulfonamides is 1. The predicted molar refractivity (Wildman–Crippen MR) is 92.7 cm³/mol. The van der Waals surface area contributed by atoms with Crippen LogP contribution < -0.4 is 10.5 Å². The molecule has 0 amide bonds. The highest BCUT2D eigenvalue weighted by atomic mass is 32.2. The molecule has 122 valence electrons. The van der Waals surface area contributed by atoms with Crippen LogP contribution in [0.1, 0.15) is 31.7 Å². The Morgan fingerprint density at radius 2 is 2.00 bits per heavy atom. The Morgan fingerprint density at radius 3 is 2.57 bits per heavy atom. The Hall–Kier alpha value is -1.92. The van der Waals surface area contributed by atoms with Crippen LogP contribution in [-0.2, 0) is 10.0 Å². The summed E-state index contributed by atoms with van der Waals surface area (Å²) in [6.07, 6.45) is 2.88. The van der Waals surface area contributed by atoms with Crippen molar-refractivity contribution in [1.29, 1.82) is 0 Å². The first kappa shape index (κ1) is 16.0. The van der Waals surface area contributed by atoms with Gasteiger partial charge in [0, 0.05) is 29.4 Å². The average Bonchev–Trinajstić information content (AvgIpc) is 3.24. The average molecular weight is 331 g/mol. The molecule has 6 heteroatoms. The summed E-state index contributed by atoms with van der Waals surface area (Å²) in [5.41, 5.74) is 9.26. The number of pyridine rings is 1. The number of aromatic nitrogens is 1. The lowest BCUT2D eigenvalue weighted by molar-refractivity contribution is 0.593. The molecule has 5 nitrogen and oxygen atoms in total. The zero-order valence-electron chi connectivity index (χ0n) is 13.2. The minimum absolute atomic E-state index is 0.261. The normalized spacial score (nSPS) is 20.5. The second kappa shape index (κ2) is 5.94. The molecular weight excluding hydrogens is 310 g/mol. The number of hydrogen-bond donors (Lipinski definition) is 2. The third kappa shape index (κ3) is 3.54. The maximum atomic E-state index is 12.0. The van der Waals surface area contributed by atoms with Gasteiger partial charge < -0.3 is 5.73 Å². The second-order valence-corrected chi connectivity index (χ2v) is 8.50. The second-order valence-electron chi connectivity index (χ2n) is 6.26. The molecule has 23 heavy (non-hydrogen) atoms. The molecule has 3 N–H and O–H groups in total. The third-order valence-electron chi connectivity index (χ3n) is 4.09. The molecule has 2 atom stereocenters.